The Hall–Kier alpha value is -5.43. The summed E-state index contributed by atoms with van der Waals surface area (Å²) in [6, 6.07) is 26.6. The van der Waals surface area contributed by atoms with Gasteiger partial charge < -0.3 is 15.0 Å². The zero-order chi connectivity index (χ0) is 28.7. The Bertz CT molecular complexity index is 2050. The van der Waals surface area contributed by atoms with E-state index in [1.165, 1.54) is 12.3 Å². The number of aromatic nitrogens is 5. The number of fused-ring (bicyclic) bond motifs is 3. The molecule has 4 aromatic heterocycles. The number of imidazole rings is 1. The Balaban J connectivity index is 1.25. The van der Waals surface area contributed by atoms with Crippen LogP contribution in [0.15, 0.2) is 116 Å². The number of ether oxygens (including phenoxy) is 1. The summed E-state index contributed by atoms with van der Waals surface area (Å²) in [5.41, 5.74) is 4.59. The van der Waals surface area contributed by atoms with Crippen molar-refractivity contribution in [3.8, 4) is 28.7 Å². The fourth-order valence-electron chi connectivity index (χ4n) is 4.84. The van der Waals surface area contributed by atoms with Gasteiger partial charge >= 0.3 is 0 Å². The van der Waals surface area contributed by atoms with Crippen LogP contribution in [0.2, 0.25) is 0 Å². The second-order valence-corrected chi connectivity index (χ2v) is 9.05. The van der Waals surface area contributed by atoms with Crippen LogP contribution in [0.25, 0.3) is 39.0 Å². The minimum Gasteiger partial charge on any atom is -0.457 e. The van der Waals surface area contributed by atoms with E-state index >= 15 is 0 Å². The average Bonchev–Trinajstić information content (AvgIpc) is 3.64. The molecule has 0 aliphatic heterocycles. The van der Waals surface area contributed by atoms with E-state index in [1.807, 2.05) is 77.4 Å². The second-order valence-electron chi connectivity index (χ2n) is 9.05. The number of benzene rings is 3. The Morgan fingerprint density at radius 2 is 1.74 bits per heavy atom. The van der Waals surface area contributed by atoms with E-state index < -0.39 is 6.85 Å². The number of rotatable bonds is 6. The number of anilines is 2. The highest BCUT2D eigenvalue weighted by Crippen LogP contribution is 2.35. The molecule has 4 heterocycles. The predicted octanol–water partition coefficient (Wildman–Crippen LogP) is 7.81. The predicted molar refractivity (Wildman–Crippen MR) is 155 cm³/mol. The lowest BCUT2D eigenvalue weighted by Gasteiger charge is -2.13. The molecular weight excluding hydrogens is 484 g/mol. The first-order valence-corrected chi connectivity index (χ1v) is 12.4. The van der Waals surface area contributed by atoms with Gasteiger partial charge in [-0.2, -0.15) is 0 Å². The van der Waals surface area contributed by atoms with Crippen LogP contribution < -0.4 is 10.1 Å². The summed E-state index contributed by atoms with van der Waals surface area (Å²) in [6.45, 7) is -2.25. The van der Waals surface area contributed by atoms with Crippen molar-refractivity contribution in [3.63, 3.8) is 0 Å². The molecule has 0 spiro atoms. The van der Waals surface area contributed by atoms with Gasteiger partial charge in [0.1, 0.15) is 23.1 Å². The largest absolute Gasteiger partial charge is 0.457 e. The minimum absolute atomic E-state index is 0.219. The molecule has 7 heteroatoms. The van der Waals surface area contributed by atoms with Crippen molar-refractivity contribution in [2.75, 3.05) is 5.32 Å². The van der Waals surface area contributed by atoms with Gasteiger partial charge in [0.05, 0.1) is 17.2 Å². The molecule has 0 unspecified atom stereocenters. The van der Waals surface area contributed by atoms with Crippen molar-refractivity contribution in [1.29, 1.82) is 0 Å². The third-order valence-corrected chi connectivity index (χ3v) is 6.54. The summed E-state index contributed by atoms with van der Waals surface area (Å²) in [5, 5.41) is 5.44. The molecule has 0 radical (unpaired) electrons. The Morgan fingerprint density at radius 3 is 2.67 bits per heavy atom. The molecular formula is C32H24N6O. The SMILES string of the molecule is [2H]C([2H])([2H])c1ccnc(-n2c3cnccc3c3ccc(Oc4cccc(Nc5ccccc5-c5ncc[nH]5)c4)cc32)c1. The van der Waals surface area contributed by atoms with E-state index in [4.69, 9.17) is 8.85 Å². The monoisotopic (exact) mass is 511 g/mol. The molecule has 0 bridgehead atoms. The quantitative estimate of drug-likeness (QED) is 0.238. The first-order valence-electron chi connectivity index (χ1n) is 13.9. The third-order valence-electron chi connectivity index (χ3n) is 6.54. The normalized spacial score (nSPS) is 12.7. The van der Waals surface area contributed by atoms with Crippen LogP contribution in [0.5, 0.6) is 11.5 Å². The van der Waals surface area contributed by atoms with E-state index in [9.17, 15) is 0 Å². The summed E-state index contributed by atoms with van der Waals surface area (Å²) in [4.78, 5) is 16.4. The number of nitrogens with one attached hydrogen (secondary N) is 2. The highest BCUT2D eigenvalue weighted by molar-refractivity contribution is 6.09. The average molecular weight is 512 g/mol. The highest BCUT2D eigenvalue weighted by Gasteiger charge is 2.15. The summed E-state index contributed by atoms with van der Waals surface area (Å²) < 4.78 is 31.9. The van der Waals surface area contributed by atoms with Crippen LogP contribution in [0.3, 0.4) is 0 Å². The van der Waals surface area contributed by atoms with Crippen LogP contribution in [0, 0.1) is 6.85 Å². The van der Waals surface area contributed by atoms with Crippen LogP contribution in [0.1, 0.15) is 9.68 Å². The molecule has 7 aromatic rings. The molecule has 0 aliphatic rings. The van der Waals surface area contributed by atoms with Crippen molar-refractivity contribution in [2.45, 2.75) is 6.85 Å². The van der Waals surface area contributed by atoms with Crippen LogP contribution in [0.4, 0.5) is 11.4 Å². The Morgan fingerprint density at radius 1 is 0.821 bits per heavy atom. The molecule has 7 rings (SSSR count). The molecule has 39 heavy (non-hydrogen) atoms. The highest BCUT2D eigenvalue weighted by atomic mass is 16.5. The van der Waals surface area contributed by atoms with Crippen molar-refractivity contribution in [3.05, 3.63) is 121 Å². The molecule has 0 saturated heterocycles. The maximum atomic E-state index is 7.87. The van der Waals surface area contributed by atoms with Gasteiger partial charge in [-0.1, -0.05) is 18.2 Å². The second kappa shape index (κ2) is 9.46. The first kappa shape index (κ1) is 19.7. The zero-order valence-corrected chi connectivity index (χ0v) is 20.7. The lowest BCUT2D eigenvalue weighted by atomic mass is 10.1. The van der Waals surface area contributed by atoms with Crippen molar-refractivity contribution >= 4 is 33.2 Å². The van der Waals surface area contributed by atoms with Crippen molar-refractivity contribution in [1.82, 2.24) is 24.5 Å². The summed E-state index contributed by atoms with van der Waals surface area (Å²) >= 11 is 0. The van der Waals surface area contributed by atoms with Gasteiger partial charge in [-0.25, -0.2) is 9.97 Å². The van der Waals surface area contributed by atoms with Gasteiger partial charge in [0.15, 0.2) is 0 Å². The standard InChI is InChI=1S/C32H24N6O/c1-21-11-14-34-31(17-21)38-29-19-24(9-10-25(29)26-12-13-33-20-30(26)38)39-23-6-4-5-22(18-23)37-28-8-3-2-7-27(28)32-35-15-16-36-32/h2-20,37H,1H3,(H,35,36)/i1D3. The smallest absolute Gasteiger partial charge is 0.139 e. The number of aromatic amines is 1. The Kier molecular flexibility index (Phi) is 4.77. The number of hydrogen-bond donors (Lipinski definition) is 2. The zero-order valence-electron chi connectivity index (χ0n) is 23.7. The summed E-state index contributed by atoms with van der Waals surface area (Å²) in [5.74, 6) is 2.56. The first-order chi connectivity index (χ1) is 20.4. The van der Waals surface area contributed by atoms with Gasteiger partial charge in [0.25, 0.3) is 0 Å². The van der Waals surface area contributed by atoms with Gasteiger partial charge in [-0.15, -0.1) is 0 Å². The van der Waals surface area contributed by atoms with Crippen molar-refractivity contribution < 1.29 is 8.85 Å². The molecule has 0 atom stereocenters. The summed E-state index contributed by atoms with van der Waals surface area (Å²) in [7, 11) is 0. The van der Waals surface area contributed by atoms with E-state index in [1.54, 1.807) is 30.9 Å². The lowest BCUT2D eigenvalue weighted by molar-refractivity contribution is 0.483. The number of pyridine rings is 2. The van der Waals surface area contributed by atoms with Gasteiger partial charge in [0, 0.05) is 68.7 Å². The summed E-state index contributed by atoms with van der Waals surface area (Å²) in [6.07, 6.45) is 8.55. The van der Waals surface area contributed by atoms with E-state index in [-0.39, 0.29) is 5.56 Å². The maximum Gasteiger partial charge on any atom is 0.139 e. The van der Waals surface area contributed by atoms with Crippen LogP contribution >= 0.6 is 0 Å². The minimum atomic E-state index is -2.25. The topological polar surface area (TPSA) is 80.7 Å². The van der Waals surface area contributed by atoms with Gasteiger partial charge in [0.2, 0.25) is 0 Å². The Labute approximate surface area is 229 Å². The van der Waals surface area contributed by atoms with Crippen molar-refractivity contribution in [2.24, 2.45) is 0 Å². The van der Waals surface area contributed by atoms with Crippen LogP contribution in [-0.4, -0.2) is 24.5 Å². The molecule has 7 nitrogen and oxygen atoms in total. The molecule has 0 aliphatic carbocycles. The van der Waals surface area contributed by atoms with E-state index in [0.29, 0.717) is 17.3 Å². The van der Waals surface area contributed by atoms with E-state index in [0.717, 1.165) is 44.6 Å². The third kappa shape index (κ3) is 4.26. The van der Waals surface area contributed by atoms with Crippen LogP contribution in [-0.2, 0) is 0 Å². The number of hydrogen-bond acceptors (Lipinski definition) is 5. The molecule has 188 valence electrons. The van der Waals surface area contributed by atoms with Gasteiger partial charge in [-0.3, -0.25) is 9.55 Å². The molecule has 3 aromatic carbocycles. The maximum absolute atomic E-state index is 7.87. The van der Waals surface area contributed by atoms with E-state index in [2.05, 4.69) is 25.3 Å². The fourth-order valence-corrected chi connectivity index (χ4v) is 4.84. The molecule has 0 amide bonds. The fraction of sp³-hybridized carbons (Fsp3) is 0.0312. The number of H-pyrrole nitrogens is 1. The molecule has 2 N–H and O–H groups in total. The number of para-hydroxylation sites is 1. The lowest BCUT2D eigenvalue weighted by Crippen LogP contribution is -1.98. The molecule has 0 saturated carbocycles. The van der Waals surface area contributed by atoms with Gasteiger partial charge in [-0.05, 0) is 67.0 Å². The molecule has 0 fully saturated rings. The number of aryl methyl sites for hydroxylation is 1. The number of nitrogens with zero attached hydrogens (tertiary/aromatic N) is 4.